The van der Waals surface area contributed by atoms with Crippen LogP contribution in [0.15, 0.2) is 36.8 Å². The number of nitrogens with zero attached hydrogens (tertiary/aromatic N) is 2. The topological polar surface area (TPSA) is 17.8 Å². The third kappa shape index (κ3) is 2.12. The molecule has 0 saturated heterocycles. The summed E-state index contributed by atoms with van der Waals surface area (Å²) < 4.78 is 2.14. The van der Waals surface area contributed by atoms with Gasteiger partial charge in [0.05, 0.1) is 12.0 Å². The number of rotatable bonds is 3. The lowest BCUT2D eigenvalue weighted by Gasteiger charge is -2.08. The Morgan fingerprint density at radius 2 is 2.12 bits per heavy atom. The highest BCUT2D eigenvalue weighted by molar-refractivity contribution is 5.37. The standard InChI is InChI=1S/C15H18N2/c1-11(2)13-4-3-5-14(8-13)17-9-15(16-10-17)12-6-7-12/h3-5,8-12H,6-7H2,1-2H3. The Kier molecular flexibility index (Phi) is 2.50. The molecule has 1 heterocycles. The van der Waals surface area contributed by atoms with Gasteiger partial charge in [0, 0.05) is 17.8 Å². The van der Waals surface area contributed by atoms with E-state index in [1.54, 1.807) is 0 Å². The summed E-state index contributed by atoms with van der Waals surface area (Å²) in [6.07, 6.45) is 6.73. The van der Waals surface area contributed by atoms with Crippen molar-refractivity contribution in [2.75, 3.05) is 0 Å². The normalized spacial score (nSPS) is 15.5. The van der Waals surface area contributed by atoms with Crippen molar-refractivity contribution in [2.45, 2.75) is 38.5 Å². The van der Waals surface area contributed by atoms with E-state index in [4.69, 9.17) is 0 Å². The van der Waals surface area contributed by atoms with Crippen LogP contribution in [0.4, 0.5) is 0 Å². The first-order valence-corrected chi connectivity index (χ1v) is 6.38. The molecular formula is C15H18N2. The summed E-state index contributed by atoms with van der Waals surface area (Å²) >= 11 is 0. The molecular weight excluding hydrogens is 208 g/mol. The second kappa shape index (κ2) is 4.02. The predicted molar refractivity (Wildman–Crippen MR) is 69.6 cm³/mol. The fraction of sp³-hybridized carbons (Fsp3) is 0.400. The third-order valence-electron chi connectivity index (χ3n) is 3.43. The molecule has 1 aromatic carbocycles. The minimum atomic E-state index is 0.571. The predicted octanol–water partition coefficient (Wildman–Crippen LogP) is 3.87. The molecule has 1 saturated carbocycles. The van der Waals surface area contributed by atoms with Crippen LogP contribution in [0.3, 0.4) is 0 Å². The van der Waals surface area contributed by atoms with E-state index >= 15 is 0 Å². The molecule has 1 aliphatic carbocycles. The van der Waals surface area contributed by atoms with E-state index in [1.807, 2.05) is 6.33 Å². The molecule has 1 aromatic heterocycles. The number of hydrogen-bond donors (Lipinski definition) is 0. The Morgan fingerprint density at radius 1 is 1.29 bits per heavy atom. The van der Waals surface area contributed by atoms with Crippen molar-refractivity contribution in [3.8, 4) is 5.69 Å². The first-order chi connectivity index (χ1) is 8.24. The van der Waals surface area contributed by atoms with Gasteiger partial charge in [0.2, 0.25) is 0 Å². The largest absolute Gasteiger partial charge is 0.306 e. The summed E-state index contributed by atoms with van der Waals surface area (Å²) in [7, 11) is 0. The van der Waals surface area contributed by atoms with Crippen molar-refractivity contribution in [1.29, 1.82) is 0 Å². The Hall–Kier alpha value is -1.57. The van der Waals surface area contributed by atoms with E-state index < -0.39 is 0 Å². The average molecular weight is 226 g/mol. The van der Waals surface area contributed by atoms with Gasteiger partial charge in [-0.3, -0.25) is 0 Å². The van der Waals surface area contributed by atoms with Gasteiger partial charge in [-0.1, -0.05) is 26.0 Å². The monoisotopic (exact) mass is 226 g/mol. The Bertz CT molecular complexity index is 521. The number of imidazole rings is 1. The van der Waals surface area contributed by atoms with Gasteiger partial charge in [0.25, 0.3) is 0 Å². The molecule has 0 N–H and O–H groups in total. The van der Waals surface area contributed by atoms with Crippen LogP contribution in [-0.4, -0.2) is 9.55 Å². The average Bonchev–Trinajstić information content (AvgIpc) is 3.07. The highest BCUT2D eigenvalue weighted by Crippen LogP contribution is 2.39. The maximum Gasteiger partial charge on any atom is 0.0995 e. The summed E-state index contributed by atoms with van der Waals surface area (Å²) in [6.45, 7) is 4.45. The molecule has 0 unspecified atom stereocenters. The summed E-state index contributed by atoms with van der Waals surface area (Å²) in [4.78, 5) is 4.49. The van der Waals surface area contributed by atoms with Crippen LogP contribution in [-0.2, 0) is 0 Å². The smallest absolute Gasteiger partial charge is 0.0995 e. The van der Waals surface area contributed by atoms with Crippen LogP contribution in [0.5, 0.6) is 0 Å². The van der Waals surface area contributed by atoms with Gasteiger partial charge in [-0.2, -0.15) is 0 Å². The third-order valence-corrected chi connectivity index (χ3v) is 3.43. The minimum absolute atomic E-state index is 0.571. The van der Waals surface area contributed by atoms with Gasteiger partial charge in [-0.15, -0.1) is 0 Å². The fourth-order valence-corrected chi connectivity index (χ4v) is 2.11. The van der Waals surface area contributed by atoms with Crippen molar-refractivity contribution in [1.82, 2.24) is 9.55 Å². The van der Waals surface area contributed by atoms with Crippen molar-refractivity contribution in [3.63, 3.8) is 0 Å². The van der Waals surface area contributed by atoms with Crippen LogP contribution in [0.2, 0.25) is 0 Å². The van der Waals surface area contributed by atoms with Crippen molar-refractivity contribution in [3.05, 3.63) is 48.0 Å². The zero-order valence-electron chi connectivity index (χ0n) is 10.4. The van der Waals surface area contributed by atoms with Gasteiger partial charge in [-0.05, 0) is 36.5 Å². The second-order valence-corrected chi connectivity index (χ2v) is 5.23. The lowest BCUT2D eigenvalue weighted by atomic mass is 10.0. The molecule has 1 aliphatic rings. The minimum Gasteiger partial charge on any atom is -0.306 e. The van der Waals surface area contributed by atoms with E-state index in [1.165, 1.54) is 29.8 Å². The van der Waals surface area contributed by atoms with Gasteiger partial charge >= 0.3 is 0 Å². The van der Waals surface area contributed by atoms with Crippen molar-refractivity contribution >= 4 is 0 Å². The Balaban J connectivity index is 1.93. The van der Waals surface area contributed by atoms with Gasteiger partial charge in [0.1, 0.15) is 0 Å². The zero-order chi connectivity index (χ0) is 11.8. The lowest BCUT2D eigenvalue weighted by Crippen LogP contribution is -1.93. The zero-order valence-corrected chi connectivity index (χ0v) is 10.4. The quantitative estimate of drug-likeness (QED) is 0.776. The van der Waals surface area contributed by atoms with E-state index in [9.17, 15) is 0 Å². The highest BCUT2D eigenvalue weighted by atomic mass is 15.0. The number of aromatic nitrogens is 2. The van der Waals surface area contributed by atoms with E-state index in [2.05, 4.69) is 53.9 Å². The second-order valence-electron chi connectivity index (χ2n) is 5.23. The van der Waals surface area contributed by atoms with Gasteiger partial charge in [0.15, 0.2) is 0 Å². The van der Waals surface area contributed by atoms with E-state index in [-0.39, 0.29) is 0 Å². The van der Waals surface area contributed by atoms with Crippen molar-refractivity contribution < 1.29 is 0 Å². The van der Waals surface area contributed by atoms with Crippen LogP contribution >= 0.6 is 0 Å². The number of hydrogen-bond acceptors (Lipinski definition) is 1. The highest BCUT2D eigenvalue weighted by Gasteiger charge is 2.25. The molecule has 2 aromatic rings. The summed E-state index contributed by atoms with van der Waals surface area (Å²) in [5, 5.41) is 0. The SMILES string of the molecule is CC(C)c1cccc(-n2cnc(C3CC3)c2)c1. The molecule has 88 valence electrons. The van der Waals surface area contributed by atoms with Crippen molar-refractivity contribution in [2.24, 2.45) is 0 Å². The molecule has 0 aliphatic heterocycles. The first kappa shape index (κ1) is 10.6. The summed E-state index contributed by atoms with van der Waals surface area (Å²) in [5.74, 6) is 1.30. The summed E-state index contributed by atoms with van der Waals surface area (Å²) in [5.41, 5.74) is 3.85. The molecule has 1 fully saturated rings. The number of benzene rings is 1. The first-order valence-electron chi connectivity index (χ1n) is 6.38. The molecule has 0 bridgehead atoms. The Labute approximate surface area is 102 Å². The van der Waals surface area contributed by atoms with Gasteiger partial charge < -0.3 is 4.57 Å². The van der Waals surface area contributed by atoms with Gasteiger partial charge in [-0.25, -0.2) is 4.98 Å². The molecule has 17 heavy (non-hydrogen) atoms. The maximum absolute atomic E-state index is 4.49. The van der Waals surface area contributed by atoms with E-state index in [0.29, 0.717) is 5.92 Å². The Morgan fingerprint density at radius 3 is 2.82 bits per heavy atom. The molecule has 0 amide bonds. The van der Waals surface area contributed by atoms with E-state index in [0.717, 1.165) is 5.92 Å². The molecule has 0 spiro atoms. The van der Waals surface area contributed by atoms with Crippen LogP contribution in [0.25, 0.3) is 5.69 Å². The van der Waals surface area contributed by atoms with Crippen LogP contribution in [0.1, 0.15) is 49.8 Å². The fourth-order valence-electron chi connectivity index (χ4n) is 2.11. The molecule has 3 rings (SSSR count). The van der Waals surface area contributed by atoms with Crippen LogP contribution < -0.4 is 0 Å². The molecule has 0 atom stereocenters. The van der Waals surface area contributed by atoms with Crippen LogP contribution in [0, 0.1) is 0 Å². The molecule has 0 radical (unpaired) electrons. The molecule has 2 heteroatoms. The molecule has 2 nitrogen and oxygen atoms in total. The summed E-state index contributed by atoms with van der Waals surface area (Å²) in [6, 6.07) is 8.71. The lowest BCUT2D eigenvalue weighted by molar-refractivity contribution is 0.862. The maximum atomic E-state index is 4.49.